The normalized spacial score (nSPS) is 16.8. The van der Waals surface area contributed by atoms with Crippen molar-refractivity contribution in [3.63, 3.8) is 0 Å². The standard InChI is InChI=1S/C19H31N3O2.HI/c1-2-12-20-18(21-13-8-17-7-6-15-24-17)22-16-19(11-14-23)9-4-3-5-10-19;/h2,6-7,15,23H,1,3-5,8-14,16H2,(H2,20,21,22);1H. The predicted molar refractivity (Wildman–Crippen MR) is 114 cm³/mol. The fourth-order valence-corrected chi connectivity index (χ4v) is 3.37. The first-order valence-corrected chi connectivity index (χ1v) is 9.04. The summed E-state index contributed by atoms with van der Waals surface area (Å²) in [4.78, 5) is 4.80. The molecule has 0 spiro atoms. The summed E-state index contributed by atoms with van der Waals surface area (Å²) in [5.41, 5.74) is 0.163. The zero-order chi connectivity index (χ0) is 17.1. The molecule has 0 aromatic carbocycles. The molecule has 1 fully saturated rings. The molecule has 1 aliphatic rings. The Labute approximate surface area is 168 Å². The molecule has 0 saturated heterocycles. The van der Waals surface area contributed by atoms with Gasteiger partial charge in [-0.25, -0.2) is 0 Å². The van der Waals surface area contributed by atoms with E-state index in [9.17, 15) is 5.11 Å². The van der Waals surface area contributed by atoms with Gasteiger partial charge in [0.1, 0.15) is 5.76 Å². The van der Waals surface area contributed by atoms with E-state index in [1.807, 2.05) is 18.2 Å². The van der Waals surface area contributed by atoms with Crippen molar-refractivity contribution in [1.82, 2.24) is 10.6 Å². The van der Waals surface area contributed by atoms with Gasteiger partial charge in [0.05, 0.1) is 6.26 Å². The Morgan fingerprint density at radius 1 is 1.32 bits per heavy atom. The van der Waals surface area contributed by atoms with Gasteiger partial charge in [-0.05, 0) is 36.8 Å². The number of aliphatic hydroxyl groups is 1. The van der Waals surface area contributed by atoms with Crippen molar-refractivity contribution in [2.45, 2.75) is 44.9 Å². The van der Waals surface area contributed by atoms with Gasteiger partial charge in [0, 0.05) is 32.7 Å². The molecular weight excluding hydrogens is 429 g/mol. The minimum atomic E-state index is 0. The Balaban J connectivity index is 0.00000312. The number of nitrogens with one attached hydrogen (secondary N) is 2. The lowest BCUT2D eigenvalue weighted by atomic mass is 9.72. The number of nitrogens with zero attached hydrogens (tertiary/aromatic N) is 1. The maximum absolute atomic E-state index is 9.43. The molecule has 0 radical (unpaired) electrons. The van der Waals surface area contributed by atoms with Gasteiger partial charge in [-0.3, -0.25) is 4.99 Å². The van der Waals surface area contributed by atoms with E-state index in [2.05, 4.69) is 17.2 Å². The summed E-state index contributed by atoms with van der Waals surface area (Å²) in [6.07, 6.45) is 11.3. The van der Waals surface area contributed by atoms with Crippen LogP contribution in [0.1, 0.15) is 44.3 Å². The van der Waals surface area contributed by atoms with Crippen LogP contribution in [0.25, 0.3) is 0 Å². The lowest BCUT2D eigenvalue weighted by molar-refractivity contribution is 0.137. The van der Waals surface area contributed by atoms with Crippen molar-refractivity contribution in [1.29, 1.82) is 0 Å². The number of rotatable bonds is 9. The fraction of sp³-hybridized carbons (Fsp3) is 0.632. The van der Waals surface area contributed by atoms with Crippen molar-refractivity contribution >= 4 is 29.9 Å². The summed E-state index contributed by atoms with van der Waals surface area (Å²) in [7, 11) is 0. The smallest absolute Gasteiger partial charge is 0.191 e. The minimum Gasteiger partial charge on any atom is -0.469 e. The zero-order valence-corrected chi connectivity index (χ0v) is 17.3. The molecular formula is C19H32IN3O2. The number of aliphatic hydroxyl groups excluding tert-OH is 1. The van der Waals surface area contributed by atoms with Gasteiger partial charge in [0.25, 0.3) is 0 Å². The molecule has 0 atom stereocenters. The lowest BCUT2D eigenvalue weighted by Gasteiger charge is -2.35. The highest BCUT2D eigenvalue weighted by Crippen LogP contribution is 2.39. The molecule has 1 saturated carbocycles. The van der Waals surface area contributed by atoms with E-state index < -0.39 is 0 Å². The topological polar surface area (TPSA) is 69.8 Å². The van der Waals surface area contributed by atoms with Gasteiger partial charge in [-0.15, -0.1) is 30.6 Å². The molecule has 0 amide bonds. The molecule has 0 unspecified atom stereocenters. The molecule has 1 heterocycles. The second-order valence-electron chi connectivity index (χ2n) is 6.62. The van der Waals surface area contributed by atoms with Crippen molar-refractivity contribution in [3.05, 3.63) is 36.8 Å². The Bertz CT molecular complexity index is 491. The van der Waals surface area contributed by atoms with E-state index in [1.54, 1.807) is 6.26 Å². The highest BCUT2D eigenvalue weighted by molar-refractivity contribution is 14.0. The highest BCUT2D eigenvalue weighted by atomic mass is 127. The van der Waals surface area contributed by atoms with Gasteiger partial charge in [-0.1, -0.05) is 25.3 Å². The molecule has 1 aromatic rings. The number of furan rings is 1. The average Bonchev–Trinajstić information content (AvgIpc) is 3.11. The van der Waals surface area contributed by atoms with Gasteiger partial charge < -0.3 is 20.2 Å². The number of halogens is 1. The van der Waals surface area contributed by atoms with E-state index >= 15 is 0 Å². The molecule has 142 valence electrons. The second-order valence-corrected chi connectivity index (χ2v) is 6.62. The van der Waals surface area contributed by atoms with Crippen LogP contribution in [0.5, 0.6) is 0 Å². The maximum atomic E-state index is 9.43. The third-order valence-corrected chi connectivity index (χ3v) is 4.79. The third kappa shape index (κ3) is 7.81. The first-order chi connectivity index (χ1) is 11.8. The van der Waals surface area contributed by atoms with E-state index in [4.69, 9.17) is 9.41 Å². The van der Waals surface area contributed by atoms with E-state index in [-0.39, 0.29) is 36.0 Å². The minimum absolute atomic E-state index is 0. The largest absolute Gasteiger partial charge is 0.469 e. The molecule has 5 nitrogen and oxygen atoms in total. The summed E-state index contributed by atoms with van der Waals surface area (Å²) in [5.74, 6) is 1.78. The summed E-state index contributed by atoms with van der Waals surface area (Å²) >= 11 is 0. The lowest BCUT2D eigenvalue weighted by Crippen LogP contribution is -2.40. The monoisotopic (exact) mass is 461 g/mol. The molecule has 0 bridgehead atoms. The first kappa shape index (κ1) is 22.0. The van der Waals surface area contributed by atoms with E-state index in [0.717, 1.165) is 50.5 Å². The fourth-order valence-electron chi connectivity index (χ4n) is 3.37. The second kappa shape index (κ2) is 12.4. The summed E-state index contributed by atoms with van der Waals surface area (Å²) < 4.78 is 5.36. The van der Waals surface area contributed by atoms with Crippen LogP contribution in [0.2, 0.25) is 0 Å². The molecule has 1 aliphatic carbocycles. The molecule has 25 heavy (non-hydrogen) atoms. The summed E-state index contributed by atoms with van der Waals surface area (Å²) in [6, 6.07) is 3.88. The van der Waals surface area contributed by atoms with Crippen LogP contribution in [0.3, 0.4) is 0 Å². The van der Waals surface area contributed by atoms with Crippen LogP contribution in [0, 0.1) is 5.41 Å². The highest BCUT2D eigenvalue weighted by Gasteiger charge is 2.31. The molecule has 0 aliphatic heterocycles. The first-order valence-electron chi connectivity index (χ1n) is 9.04. The van der Waals surface area contributed by atoms with Crippen molar-refractivity contribution in [2.24, 2.45) is 10.4 Å². The third-order valence-electron chi connectivity index (χ3n) is 4.79. The Morgan fingerprint density at radius 3 is 2.76 bits per heavy atom. The average molecular weight is 461 g/mol. The SMILES string of the molecule is C=CCNC(=NCC1(CCO)CCCCC1)NCCc1ccco1.I. The molecule has 6 heteroatoms. The number of hydrogen-bond acceptors (Lipinski definition) is 3. The van der Waals surface area contributed by atoms with E-state index in [0.29, 0.717) is 6.54 Å². The van der Waals surface area contributed by atoms with Crippen LogP contribution in [0.4, 0.5) is 0 Å². The van der Waals surface area contributed by atoms with Crippen molar-refractivity contribution < 1.29 is 9.52 Å². The quantitative estimate of drug-likeness (QED) is 0.228. The van der Waals surface area contributed by atoms with Gasteiger partial charge in [0.15, 0.2) is 5.96 Å². The summed E-state index contributed by atoms with van der Waals surface area (Å²) in [6.45, 7) is 6.21. The Kier molecular flexibility index (Phi) is 10.9. The van der Waals surface area contributed by atoms with Crippen LogP contribution < -0.4 is 10.6 Å². The van der Waals surface area contributed by atoms with Gasteiger partial charge >= 0.3 is 0 Å². The Morgan fingerprint density at radius 2 is 2.12 bits per heavy atom. The Hall–Kier alpha value is -1.02. The zero-order valence-electron chi connectivity index (χ0n) is 15.0. The molecule has 2 rings (SSSR count). The van der Waals surface area contributed by atoms with E-state index in [1.165, 1.54) is 19.3 Å². The van der Waals surface area contributed by atoms with Crippen LogP contribution in [-0.4, -0.2) is 37.3 Å². The summed E-state index contributed by atoms with van der Waals surface area (Å²) in [5, 5.41) is 16.1. The van der Waals surface area contributed by atoms with Crippen molar-refractivity contribution in [3.8, 4) is 0 Å². The molecule has 1 aromatic heterocycles. The van der Waals surface area contributed by atoms with Crippen LogP contribution in [-0.2, 0) is 6.42 Å². The predicted octanol–water partition coefficient (Wildman–Crippen LogP) is 3.49. The number of guanidine groups is 1. The van der Waals surface area contributed by atoms with Crippen LogP contribution >= 0.6 is 24.0 Å². The van der Waals surface area contributed by atoms with Gasteiger partial charge in [-0.2, -0.15) is 0 Å². The number of aliphatic imine (C=N–C) groups is 1. The number of hydrogen-bond donors (Lipinski definition) is 3. The van der Waals surface area contributed by atoms with Crippen molar-refractivity contribution in [2.75, 3.05) is 26.2 Å². The van der Waals surface area contributed by atoms with Gasteiger partial charge in [0.2, 0.25) is 0 Å². The van der Waals surface area contributed by atoms with Crippen LogP contribution in [0.15, 0.2) is 40.5 Å². The molecule has 3 N–H and O–H groups in total. The maximum Gasteiger partial charge on any atom is 0.191 e.